The van der Waals surface area contributed by atoms with Crippen LogP contribution in [-0.4, -0.2) is 25.2 Å². The molecule has 0 heterocycles. The Labute approximate surface area is 160 Å². The van der Waals surface area contributed by atoms with Gasteiger partial charge in [-0.25, -0.2) is 0 Å². The summed E-state index contributed by atoms with van der Waals surface area (Å²) in [7, 11) is -2.27. The Morgan fingerprint density at radius 2 is 1.69 bits per heavy atom. The molecule has 0 aromatic heterocycles. The third-order valence-corrected chi connectivity index (χ3v) is 6.38. The van der Waals surface area contributed by atoms with Crippen LogP contribution in [0.25, 0.3) is 11.1 Å². The van der Waals surface area contributed by atoms with Crippen LogP contribution >= 0.6 is 23.5 Å². The van der Waals surface area contributed by atoms with Gasteiger partial charge in [0.2, 0.25) is 0 Å². The van der Waals surface area contributed by atoms with Crippen molar-refractivity contribution in [3.05, 3.63) is 51.0 Å². The van der Waals surface area contributed by atoms with Gasteiger partial charge in [-0.05, 0) is 48.0 Å². The number of nitrogens with zero attached hydrogens (tertiary/aromatic N) is 1. The highest BCUT2D eigenvalue weighted by atomic mass is 79.9. The molecule has 0 aliphatic rings. The van der Waals surface area contributed by atoms with Gasteiger partial charge < -0.3 is 13.8 Å². The lowest BCUT2D eigenvalue weighted by Crippen LogP contribution is -2.15. The molecule has 0 fully saturated rings. The van der Waals surface area contributed by atoms with Crippen molar-refractivity contribution in [2.45, 2.75) is 13.8 Å². The number of hydrogen-bond donors (Lipinski definition) is 0. The number of benzene rings is 2. The Morgan fingerprint density at radius 1 is 1.08 bits per heavy atom. The van der Waals surface area contributed by atoms with E-state index in [4.69, 9.17) is 13.8 Å². The molecule has 2 aromatic rings. The predicted octanol–water partition coefficient (Wildman–Crippen LogP) is 4.92. The summed E-state index contributed by atoms with van der Waals surface area (Å²) < 4.78 is 30.2. The van der Waals surface area contributed by atoms with Crippen LogP contribution in [0.15, 0.2) is 40.9 Å². The van der Waals surface area contributed by atoms with Crippen LogP contribution in [-0.2, 0) is 13.6 Å². The molecule has 0 saturated carbocycles. The van der Waals surface area contributed by atoms with Gasteiger partial charge in [-0.15, -0.1) is 0 Å². The number of nitro benzene ring substituents is 1. The van der Waals surface area contributed by atoms with Crippen LogP contribution in [0.3, 0.4) is 0 Å². The molecule has 140 valence electrons. The molecule has 0 bridgehead atoms. The van der Waals surface area contributed by atoms with Crippen LogP contribution in [0.4, 0.5) is 5.69 Å². The highest BCUT2D eigenvalue weighted by Crippen LogP contribution is 2.52. The van der Waals surface area contributed by atoms with E-state index in [1.807, 2.05) is 0 Å². The van der Waals surface area contributed by atoms with E-state index in [0.29, 0.717) is 15.8 Å². The van der Waals surface area contributed by atoms with Crippen LogP contribution in [0.2, 0.25) is 0 Å². The fraction of sp³-hybridized carbons (Fsp3) is 0.294. The minimum Gasteiger partial charge on any atom is -0.496 e. The minimum atomic E-state index is -3.71. The van der Waals surface area contributed by atoms with E-state index in [9.17, 15) is 14.7 Å². The number of nitro groups is 1. The lowest BCUT2D eigenvalue weighted by molar-refractivity contribution is -0.384. The summed E-state index contributed by atoms with van der Waals surface area (Å²) in [6.45, 7) is 3.72. The van der Waals surface area contributed by atoms with Crippen molar-refractivity contribution in [3.63, 3.8) is 0 Å². The molecule has 0 unspecified atom stereocenters. The van der Waals surface area contributed by atoms with Crippen molar-refractivity contribution in [3.8, 4) is 16.9 Å². The molecule has 7 nitrogen and oxygen atoms in total. The molecule has 26 heavy (non-hydrogen) atoms. The first-order chi connectivity index (χ1) is 12.4. The van der Waals surface area contributed by atoms with Crippen LogP contribution in [0, 0.1) is 10.1 Å². The average Bonchev–Trinajstić information content (AvgIpc) is 2.61. The molecule has 0 spiro atoms. The average molecular weight is 444 g/mol. The van der Waals surface area contributed by atoms with Crippen molar-refractivity contribution in [2.75, 3.05) is 20.3 Å². The van der Waals surface area contributed by atoms with Gasteiger partial charge in [0.1, 0.15) is 5.75 Å². The van der Waals surface area contributed by atoms with Crippen molar-refractivity contribution in [2.24, 2.45) is 0 Å². The predicted molar refractivity (Wildman–Crippen MR) is 103 cm³/mol. The first-order valence-corrected chi connectivity index (χ1v) is 10.2. The zero-order chi connectivity index (χ0) is 19.3. The van der Waals surface area contributed by atoms with Crippen molar-refractivity contribution in [1.82, 2.24) is 0 Å². The fourth-order valence-electron chi connectivity index (χ4n) is 2.60. The largest absolute Gasteiger partial charge is 0.496 e. The van der Waals surface area contributed by atoms with Gasteiger partial charge in [-0.2, -0.15) is 0 Å². The van der Waals surface area contributed by atoms with Crippen molar-refractivity contribution in [1.29, 1.82) is 0 Å². The molecular formula is C17H19BrNO6P. The van der Waals surface area contributed by atoms with Gasteiger partial charge in [-0.1, -0.05) is 12.1 Å². The van der Waals surface area contributed by atoms with Crippen LogP contribution in [0.5, 0.6) is 5.75 Å². The van der Waals surface area contributed by atoms with E-state index in [1.54, 1.807) is 44.2 Å². The number of rotatable bonds is 8. The highest BCUT2D eigenvalue weighted by molar-refractivity contribution is 9.10. The second-order valence-electron chi connectivity index (χ2n) is 5.08. The second kappa shape index (κ2) is 8.77. The molecular weight excluding hydrogens is 425 g/mol. The quantitative estimate of drug-likeness (QED) is 0.326. The zero-order valence-corrected chi connectivity index (χ0v) is 17.1. The van der Waals surface area contributed by atoms with Crippen molar-refractivity contribution >= 4 is 34.5 Å². The summed E-state index contributed by atoms with van der Waals surface area (Å²) in [5.41, 5.74) is 0.411. The molecule has 0 saturated heterocycles. The number of ether oxygens (including phenoxy) is 1. The van der Waals surface area contributed by atoms with E-state index in [1.165, 1.54) is 13.2 Å². The second-order valence-corrected chi connectivity index (χ2v) is 7.93. The normalized spacial score (nSPS) is 11.4. The summed E-state index contributed by atoms with van der Waals surface area (Å²) in [4.78, 5) is 11.1. The summed E-state index contributed by atoms with van der Waals surface area (Å²) in [5, 5.41) is 11.8. The number of hydrogen-bond acceptors (Lipinski definition) is 6. The first kappa shape index (κ1) is 20.6. The third-order valence-electron chi connectivity index (χ3n) is 3.56. The smallest absolute Gasteiger partial charge is 0.362 e. The van der Waals surface area contributed by atoms with Crippen molar-refractivity contribution < 1.29 is 23.3 Å². The summed E-state index contributed by atoms with van der Waals surface area (Å²) in [6, 6.07) is 9.47. The SMILES string of the molecule is CCOP(=O)(OCC)c1cccc(OC)c1-c1c(Br)cccc1[N+](=O)[O-]. The molecule has 0 N–H and O–H groups in total. The lowest BCUT2D eigenvalue weighted by atomic mass is 10.0. The van der Waals surface area contributed by atoms with Crippen LogP contribution in [0.1, 0.15) is 13.8 Å². The standard InChI is InChI=1S/C17H19BrNO6P/c1-4-24-26(22,25-5-2)15-11-7-10-14(23-3)17(15)16-12(18)8-6-9-13(16)19(20)21/h6-11H,4-5H2,1-3H3. The summed E-state index contributed by atoms with van der Waals surface area (Å²) >= 11 is 3.36. The molecule has 0 aliphatic carbocycles. The van der Waals surface area contributed by atoms with Gasteiger partial charge in [0.15, 0.2) is 0 Å². The maximum Gasteiger partial charge on any atom is 0.362 e. The monoisotopic (exact) mass is 443 g/mol. The minimum absolute atomic E-state index is 0.148. The molecule has 2 rings (SSSR count). The topological polar surface area (TPSA) is 87.9 Å². The Bertz CT molecular complexity index is 847. The number of methoxy groups -OCH3 is 1. The Balaban J connectivity index is 2.90. The zero-order valence-electron chi connectivity index (χ0n) is 14.6. The van der Waals surface area contributed by atoms with Gasteiger partial charge >= 0.3 is 7.60 Å². The molecule has 0 aliphatic heterocycles. The molecule has 9 heteroatoms. The number of halogens is 1. The van der Waals surface area contributed by atoms with Gasteiger partial charge in [0.05, 0.1) is 36.1 Å². The fourth-order valence-corrected chi connectivity index (χ4v) is 4.95. The molecule has 0 amide bonds. The van der Waals surface area contributed by atoms with E-state index in [2.05, 4.69) is 15.9 Å². The Kier molecular flexibility index (Phi) is 6.94. The lowest BCUT2D eigenvalue weighted by Gasteiger charge is -2.22. The van der Waals surface area contributed by atoms with E-state index in [0.717, 1.165) is 0 Å². The van der Waals surface area contributed by atoms with E-state index in [-0.39, 0.29) is 29.8 Å². The van der Waals surface area contributed by atoms with Gasteiger partial charge in [-0.3, -0.25) is 14.7 Å². The molecule has 2 aromatic carbocycles. The molecule has 0 radical (unpaired) electrons. The third kappa shape index (κ3) is 3.99. The summed E-state index contributed by atoms with van der Waals surface area (Å²) in [6.07, 6.45) is 0. The van der Waals surface area contributed by atoms with Gasteiger partial charge in [0, 0.05) is 16.1 Å². The summed E-state index contributed by atoms with van der Waals surface area (Å²) in [5.74, 6) is 0.331. The van der Waals surface area contributed by atoms with Crippen LogP contribution < -0.4 is 10.0 Å². The Morgan fingerprint density at radius 3 is 2.23 bits per heavy atom. The van der Waals surface area contributed by atoms with E-state index >= 15 is 0 Å². The Hall–Kier alpha value is -1.73. The first-order valence-electron chi connectivity index (χ1n) is 7.89. The molecule has 0 atom stereocenters. The maximum atomic E-state index is 13.4. The highest BCUT2D eigenvalue weighted by Gasteiger charge is 2.34. The maximum absolute atomic E-state index is 13.4. The van der Waals surface area contributed by atoms with Gasteiger partial charge in [0.25, 0.3) is 5.69 Å². The van der Waals surface area contributed by atoms with E-state index < -0.39 is 12.5 Å².